The van der Waals surface area contributed by atoms with Crippen LogP contribution in [0.15, 0.2) is 40.0 Å². The van der Waals surface area contributed by atoms with Gasteiger partial charge in [-0.3, -0.25) is 0 Å². The average molecular weight is 275 g/mol. The molecule has 4 nitrogen and oxygen atoms in total. The Morgan fingerprint density at radius 2 is 1.95 bits per heavy atom. The highest BCUT2D eigenvalue weighted by molar-refractivity contribution is 7.99. The monoisotopic (exact) mass is 275 g/mol. The van der Waals surface area contributed by atoms with Crippen molar-refractivity contribution in [2.45, 2.75) is 18.1 Å². The number of rotatable bonds is 4. The fraction of sp³-hybridized carbons (Fsp3) is 0.429. The van der Waals surface area contributed by atoms with Gasteiger partial charge < -0.3 is 9.73 Å². The predicted molar refractivity (Wildman–Crippen MR) is 76.1 cm³/mol. The largest absolute Gasteiger partial charge is 0.411 e. The molecule has 1 aliphatic rings. The highest BCUT2D eigenvalue weighted by Crippen LogP contribution is 2.26. The first-order valence-corrected chi connectivity index (χ1v) is 7.63. The van der Waals surface area contributed by atoms with E-state index in [1.807, 2.05) is 30.3 Å². The van der Waals surface area contributed by atoms with Crippen molar-refractivity contribution in [3.05, 3.63) is 30.3 Å². The van der Waals surface area contributed by atoms with E-state index >= 15 is 0 Å². The van der Waals surface area contributed by atoms with Crippen molar-refractivity contribution in [1.29, 1.82) is 0 Å². The standard InChI is InChI=1S/C14H17N3OS/c1-2-4-12(5-3-1)13-16-17-14(18-13)19-10-11-6-8-15-9-7-11/h1-5,11,15H,6-10H2. The first kappa shape index (κ1) is 12.7. The van der Waals surface area contributed by atoms with Crippen LogP contribution in [0.3, 0.4) is 0 Å². The number of nitrogens with zero attached hydrogens (tertiary/aromatic N) is 2. The molecule has 1 N–H and O–H groups in total. The van der Waals surface area contributed by atoms with Gasteiger partial charge in [-0.1, -0.05) is 30.0 Å². The van der Waals surface area contributed by atoms with Gasteiger partial charge in [-0.05, 0) is 44.0 Å². The molecule has 19 heavy (non-hydrogen) atoms. The molecular formula is C14H17N3OS. The van der Waals surface area contributed by atoms with E-state index in [0.717, 1.165) is 30.3 Å². The summed E-state index contributed by atoms with van der Waals surface area (Å²) in [5.41, 5.74) is 0.976. The Morgan fingerprint density at radius 3 is 2.74 bits per heavy atom. The lowest BCUT2D eigenvalue weighted by atomic mass is 10.0. The molecule has 0 spiro atoms. The van der Waals surface area contributed by atoms with Crippen LogP contribution in [-0.4, -0.2) is 29.0 Å². The van der Waals surface area contributed by atoms with Crippen LogP contribution in [0, 0.1) is 5.92 Å². The van der Waals surface area contributed by atoms with Crippen LogP contribution in [0.2, 0.25) is 0 Å². The Hall–Kier alpha value is -1.33. The first-order valence-electron chi connectivity index (χ1n) is 6.64. The van der Waals surface area contributed by atoms with Gasteiger partial charge in [0.1, 0.15) is 0 Å². The summed E-state index contributed by atoms with van der Waals surface area (Å²) in [5.74, 6) is 2.43. The molecule has 0 unspecified atom stereocenters. The molecule has 100 valence electrons. The highest BCUT2D eigenvalue weighted by Gasteiger charge is 2.15. The number of nitrogens with one attached hydrogen (secondary N) is 1. The van der Waals surface area contributed by atoms with Gasteiger partial charge >= 0.3 is 0 Å². The Bertz CT molecular complexity index is 508. The van der Waals surface area contributed by atoms with E-state index in [9.17, 15) is 0 Å². The summed E-state index contributed by atoms with van der Waals surface area (Å²) < 4.78 is 5.69. The van der Waals surface area contributed by atoms with Crippen LogP contribution in [0.25, 0.3) is 11.5 Å². The van der Waals surface area contributed by atoms with Crippen LogP contribution >= 0.6 is 11.8 Å². The van der Waals surface area contributed by atoms with Crippen LogP contribution in [0.1, 0.15) is 12.8 Å². The summed E-state index contributed by atoms with van der Waals surface area (Å²) in [6.45, 7) is 2.26. The minimum Gasteiger partial charge on any atom is -0.411 e. The topological polar surface area (TPSA) is 51.0 Å². The van der Waals surface area contributed by atoms with Gasteiger partial charge in [0.15, 0.2) is 0 Å². The zero-order chi connectivity index (χ0) is 12.9. The van der Waals surface area contributed by atoms with E-state index in [0.29, 0.717) is 11.1 Å². The first-order chi connectivity index (χ1) is 9.42. The number of piperidine rings is 1. The Kier molecular flexibility index (Phi) is 4.15. The molecule has 3 rings (SSSR count). The second-order valence-corrected chi connectivity index (χ2v) is 5.71. The maximum atomic E-state index is 5.69. The molecule has 1 saturated heterocycles. The normalized spacial score (nSPS) is 16.6. The van der Waals surface area contributed by atoms with E-state index in [2.05, 4.69) is 15.5 Å². The van der Waals surface area contributed by atoms with Crippen molar-refractivity contribution in [2.24, 2.45) is 5.92 Å². The van der Waals surface area contributed by atoms with E-state index < -0.39 is 0 Å². The lowest BCUT2D eigenvalue weighted by Crippen LogP contribution is -2.28. The second kappa shape index (κ2) is 6.21. The maximum absolute atomic E-state index is 5.69. The third-order valence-electron chi connectivity index (χ3n) is 3.33. The van der Waals surface area contributed by atoms with Crippen molar-refractivity contribution in [2.75, 3.05) is 18.8 Å². The Balaban J connectivity index is 1.59. The van der Waals surface area contributed by atoms with Crippen molar-refractivity contribution in [3.8, 4) is 11.5 Å². The van der Waals surface area contributed by atoms with E-state index in [-0.39, 0.29) is 0 Å². The maximum Gasteiger partial charge on any atom is 0.276 e. The summed E-state index contributed by atoms with van der Waals surface area (Å²) in [7, 11) is 0. The van der Waals surface area contributed by atoms with Crippen LogP contribution < -0.4 is 5.32 Å². The number of benzene rings is 1. The predicted octanol–water partition coefficient (Wildman–Crippen LogP) is 2.83. The molecule has 0 aliphatic carbocycles. The molecule has 0 radical (unpaired) electrons. The molecule has 0 atom stereocenters. The SMILES string of the molecule is c1ccc(-c2nnc(SCC3CCNCC3)o2)cc1. The fourth-order valence-corrected chi connectivity index (χ4v) is 3.15. The molecular weight excluding hydrogens is 258 g/mol. The quantitative estimate of drug-likeness (QED) is 0.870. The summed E-state index contributed by atoms with van der Waals surface area (Å²) in [6.07, 6.45) is 2.49. The highest BCUT2D eigenvalue weighted by atomic mass is 32.2. The summed E-state index contributed by atoms with van der Waals surface area (Å²) >= 11 is 1.67. The van der Waals surface area contributed by atoms with Gasteiger partial charge in [0.2, 0.25) is 5.89 Å². The number of thioether (sulfide) groups is 1. The molecule has 1 fully saturated rings. The van der Waals surface area contributed by atoms with E-state index in [1.165, 1.54) is 12.8 Å². The van der Waals surface area contributed by atoms with E-state index in [1.54, 1.807) is 11.8 Å². The summed E-state index contributed by atoms with van der Waals surface area (Å²) in [6, 6.07) is 9.89. The molecule has 5 heteroatoms. The summed E-state index contributed by atoms with van der Waals surface area (Å²) in [5, 5.41) is 12.3. The van der Waals surface area contributed by atoms with Crippen LogP contribution in [0.5, 0.6) is 0 Å². The summed E-state index contributed by atoms with van der Waals surface area (Å²) in [4.78, 5) is 0. The number of hydrogen-bond donors (Lipinski definition) is 1. The van der Waals surface area contributed by atoms with Crippen LogP contribution in [0.4, 0.5) is 0 Å². The lowest BCUT2D eigenvalue weighted by molar-refractivity contribution is 0.405. The van der Waals surface area contributed by atoms with Gasteiger partial charge in [0, 0.05) is 11.3 Å². The third-order valence-corrected chi connectivity index (χ3v) is 4.38. The zero-order valence-electron chi connectivity index (χ0n) is 10.7. The number of aromatic nitrogens is 2. The van der Waals surface area contributed by atoms with Gasteiger partial charge in [-0.25, -0.2) is 0 Å². The third kappa shape index (κ3) is 3.36. The Morgan fingerprint density at radius 1 is 1.16 bits per heavy atom. The van der Waals surface area contributed by atoms with Gasteiger partial charge in [0.25, 0.3) is 5.22 Å². The van der Waals surface area contributed by atoms with Crippen molar-refractivity contribution in [1.82, 2.24) is 15.5 Å². The van der Waals surface area contributed by atoms with Gasteiger partial charge in [-0.15, -0.1) is 10.2 Å². The molecule has 2 aromatic rings. The van der Waals surface area contributed by atoms with E-state index in [4.69, 9.17) is 4.42 Å². The minimum atomic E-state index is 0.605. The lowest BCUT2D eigenvalue weighted by Gasteiger charge is -2.21. The fourth-order valence-electron chi connectivity index (χ4n) is 2.20. The molecule has 1 aromatic carbocycles. The number of hydrogen-bond acceptors (Lipinski definition) is 5. The Labute approximate surface area is 117 Å². The van der Waals surface area contributed by atoms with Gasteiger partial charge in [-0.2, -0.15) is 0 Å². The molecule has 2 heterocycles. The second-order valence-electron chi connectivity index (χ2n) is 4.74. The van der Waals surface area contributed by atoms with Crippen molar-refractivity contribution < 1.29 is 4.42 Å². The average Bonchev–Trinajstić information content (AvgIpc) is 2.96. The molecule has 0 amide bonds. The smallest absolute Gasteiger partial charge is 0.276 e. The van der Waals surface area contributed by atoms with Crippen molar-refractivity contribution >= 4 is 11.8 Å². The molecule has 1 aliphatic heterocycles. The van der Waals surface area contributed by atoms with Crippen molar-refractivity contribution in [3.63, 3.8) is 0 Å². The van der Waals surface area contributed by atoms with Crippen LogP contribution in [-0.2, 0) is 0 Å². The molecule has 1 aromatic heterocycles. The van der Waals surface area contributed by atoms with Gasteiger partial charge in [0.05, 0.1) is 0 Å². The zero-order valence-corrected chi connectivity index (χ0v) is 11.5. The minimum absolute atomic E-state index is 0.605. The molecule has 0 saturated carbocycles. The molecule has 0 bridgehead atoms.